The van der Waals surface area contributed by atoms with Crippen LogP contribution in [0.3, 0.4) is 0 Å². The molecule has 0 amide bonds. The fraction of sp³-hybridized carbons (Fsp3) is 0.353. The van der Waals surface area contributed by atoms with Gasteiger partial charge in [-0.25, -0.2) is 0 Å². The van der Waals surface area contributed by atoms with Crippen molar-refractivity contribution in [3.05, 3.63) is 65.0 Å². The minimum absolute atomic E-state index is 0.564. The van der Waals surface area contributed by atoms with Crippen LogP contribution in [0.1, 0.15) is 53.7 Å². The fourth-order valence-electron chi connectivity index (χ4n) is 2.80. The van der Waals surface area contributed by atoms with E-state index in [9.17, 15) is 5.11 Å². The van der Waals surface area contributed by atoms with E-state index in [1.807, 2.05) is 31.2 Å². The maximum Gasteiger partial charge on any atom is 0.106 e. The number of nitrogens with zero attached hydrogens (tertiary/aromatic N) is 1. The van der Waals surface area contributed by atoms with Gasteiger partial charge in [-0.15, -0.1) is 0 Å². The standard InChI is InChI=1S/C17H19NO/c1-12-14(10-5-11-18-12)17(19)16-9-3-2-8-15(16)13-6-4-7-13/h2-3,5,8-11,13,17,19H,4,6-7H2,1H3. The molecule has 1 aromatic carbocycles. The molecule has 1 fully saturated rings. The first kappa shape index (κ1) is 12.4. The van der Waals surface area contributed by atoms with E-state index in [2.05, 4.69) is 17.1 Å². The number of rotatable bonds is 3. The SMILES string of the molecule is Cc1ncccc1C(O)c1ccccc1C1CCC1. The number of aliphatic hydroxyl groups is 1. The second-order valence-electron chi connectivity index (χ2n) is 5.34. The van der Waals surface area contributed by atoms with Crippen LogP contribution in [0.15, 0.2) is 42.6 Å². The van der Waals surface area contributed by atoms with Crippen molar-refractivity contribution in [2.45, 2.75) is 38.2 Å². The van der Waals surface area contributed by atoms with Crippen LogP contribution in [-0.4, -0.2) is 10.1 Å². The molecule has 1 aliphatic rings. The molecular formula is C17H19NO. The van der Waals surface area contributed by atoms with E-state index in [0.29, 0.717) is 5.92 Å². The number of hydrogen-bond donors (Lipinski definition) is 1. The summed E-state index contributed by atoms with van der Waals surface area (Å²) in [5.74, 6) is 0.628. The number of hydrogen-bond acceptors (Lipinski definition) is 2. The Morgan fingerprint density at radius 1 is 1.11 bits per heavy atom. The van der Waals surface area contributed by atoms with Crippen LogP contribution in [0.25, 0.3) is 0 Å². The van der Waals surface area contributed by atoms with Crippen molar-refractivity contribution < 1.29 is 5.11 Å². The number of benzene rings is 1. The summed E-state index contributed by atoms with van der Waals surface area (Å²) in [6.07, 6.45) is 5.00. The topological polar surface area (TPSA) is 33.1 Å². The molecule has 1 aliphatic carbocycles. The Morgan fingerprint density at radius 2 is 1.84 bits per heavy atom. The molecule has 1 saturated carbocycles. The Hall–Kier alpha value is -1.67. The van der Waals surface area contributed by atoms with Crippen molar-refractivity contribution in [1.82, 2.24) is 4.98 Å². The van der Waals surface area contributed by atoms with Gasteiger partial charge in [0.15, 0.2) is 0 Å². The predicted molar refractivity (Wildman–Crippen MR) is 76.1 cm³/mol. The molecule has 1 heterocycles. The van der Waals surface area contributed by atoms with Crippen molar-refractivity contribution in [2.75, 3.05) is 0 Å². The smallest absolute Gasteiger partial charge is 0.106 e. The van der Waals surface area contributed by atoms with Crippen molar-refractivity contribution >= 4 is 0 Å². The highest BCUT2D eigenvalue weighted by Gasteiger charge is 2.25. The molecule has 0 aliphatic heterocycles. The normalized spacial score (nSPS) is 16.9. The van der Waals surface area contributed by atoms with Gasteiger partial charge in [0.1, 0.15) is 6.10 Å². The first-order chi connectivity index (χ1) is 9.27. The van der Waals surface area contributed by atoms with E-state index < -0.39 is 6.10 Å². The highest BCUT2D eigenvalue weighted by atomic mass is 16.3. The Bertz CT molecular complexity index is 575. The molecule has 2 aromatic rings. The van der Waals surface area contributed by atoms with E-state index >= 15 is 0 Å². The average molecular weight is 253 g/mol. The lowest BCUT2D eigenvalue weighted by atomic mass is 9.77. The third-order valence-corrected chi connectivity index (χ3v) is 4.18. The molecule has 2 nitrogen and oxygen atoms in total. The van der Waals surface area contributed by atoms with Crippen LogP contribution in [-0.2, 0) is 0 Å². The Labute approximate surface area is 114 Å². The summed E-state index contributed by atoms with van der Waals surface area (Å²) in [4.78, 5) is 4.27. The van der Waals surface area contributed by atoms with E-state index in [-0.39, 0.29) is 0 Å². The molecule has 1 atom stereocenters. The van der Waals surface area contributed by atoms with E-state index in [1.54, 1.807) is 6.20 Å². The zero-order valence-electron chi connectivity index (χ0n) is 11.2. The first-order valence-electron chi connectivity index (χ1n) is 6.96. The molecule has 98 valence electrons. The molecule has 0 bridgehead atoms. The number of aliphatic hydroxyl groups excluding tert-OH is 1. The summed E-state index contributed by atoms with van der Waals surface area (Å²) >= 11 is 0. The van der Waals surface area contributed by atoms with Crippen LogP contribution in [0.5, 0.6) is 0 Å². The van der Waals surface area contributed by atoms with Crippen LogP contribution in [0.2, 0.25) is 0 Å². The molecule has 0 radical (unpaired) electrons. The molecule has 3 rings (SSSR count). The minimum atomic E-state index is -0.564. The van der Waals surface area contributed by atoms with Crippen LogP contribution >= 0.6 is 0 Å². The summed E-state index contributed by atoms with van der Waals surface area (Å²) in [5.41, 5.74) is 4.17. The lowest BCUT2D eigenvalue weighted by molar-refractivity contribution is 0.215. The van der Waals surface area contributed by atoms with Gasteiger partial charge in [0.05, 0.1) is 0 Å². The van der Waals surface area contributed by atoms with Gasteiger partial charge >= 0.3 is 0 Å². The quantitative estimate of drug-likeness (QED) is 0.904. The van der Waals surface area contributed by atoms with E-state index in [0.717, 1.165) is 16.8 Å². The first-order valence-corrected chi connectivity index (χ1v) is 6.96. The van der Waals surface area contributed by atoms with E-state index in [1.165, 1.54) is 24.8 Å². The van der Waals surface area contributed by atoms with Gasteiger partial charge in [0, 0.05) is 17.5 Å². The molecule has 19 heavy (non-hydrogen) atoms. The monoisotopic (exact) mass is 253 g/mol. The lowest BCUT2D eigenvalue weighted by Crippen LogP contribution is -2.14. The summed E-state index contributed by atoms with van der Waals surface area (Å²) in [5, 5.41) is 10.7. The maximum absolute atomic E-state index is 10.7. The van der Waals surface area contributed by atoms with E-state index in [4.69, 9.17) is 0 Å². The zero-order valence-corrected chi connectivity index (χ0v) is 11.2. The fourth-order valence-corrected chi connectivity index (χ4v) is 2.80. The third kappa shape index (κ3) is 2.28. The van der Waals surface area contributed by atoms with Crippen LogP contribution < -0.4 is 0 Å². The Morgan fingerprint density at radius 3 is 2.53 bits per heavy atom. The summed E-state index contributed by atoms with van der Waals surface area (Å²) in [7, 11) is 0. The highest BCUT2D eigenvalue weighted by molar-refractivity contribution is 5.39. The molecule has 2 heteroatoms. The van der Waals surface area contributed by atoms with Crippen molar-refractivity contribution in [3.63, 3.8) is 0 Å². The van der Waals surface area contributed by atoms with Crippen molar-refractivity contribution in [2.24, 2.45) is 0 Å². The predicted octanol–water partition coefficient (Wildman–Crippen LogP) is 3.74. The van der Waals surface area contributed by atoms with Gasteiger partial charge in [-0.05, 0) is 42.9 Å². The van der Waals surface area contributed by atoms with Crippen LogP contribution in [0.4, 0.5) is 0 Å². The van der Waals surface area contributed by atoms with Gasteiger partial charge in [0.25, 0.3) is 0 Å². The zero-order chi connectivity index (χ0) is 13.2. The second kappa shape index (κ2) is 5.14. The highest BCUT2D eigenvalue weighted by Crippen LogP contribution is 2.40. The van der Waals surface area contributed by atoms with Crippen LogP contribution in [0, 0.1) is 6.92 Å². The summed E-state index contributed by atoms with van der Waals surface area (Å²) < 4.78 is 0. The summed E-state index contributed by atoms with van der Waals surface area (Å²) in [6.45, 7) is 1.95. The van der Waals surface area contributed by atoms with Gasteiger partial charge in [-0.3, -0.25) is 4.98 Å². The van der Waals surface area contributed by atoms with Gasteiger partial charge < -0.3 is 5.11 Å². The second-order valence-corrected chi connectivity index (χ2v) is 5.34. The van der Waals surface area contributed by atoms with Gasteiger partial charge in [0.2, 0.25) is 0 Å². The molecule has 1 N–H and O–H groups in total. The molecule has 1 unspecified atom stereocenters. The van der Waals surface area contributed by atoms with Gasteiger partial charge in [-0.1, -0.05) is 36.8 Å². The largest absolute Gasteiger partial charge is 0.384 e. The number of aromatic nitrogens is 1. The van der Waals surface area contributed by atoms with Crippen molar-refractivity contribution in [1.29, 1.82) is 0 Å². The molecule has 0 spiro atoms. The minimum Gasteiger partial charge on any atom is -0.384 e. The Kier molecular flexibility index (Phi) is 3.34. The lowest BCUT2D eigenvalue weighted by Gasteiger charge is -2.29. The van der Waals surface area contributed by atoms with Gasteiger partial charge in [-0.2, -0.15) is 0 Å². The summed E-state index contributed by atoms with van der Waals surface area (Å²) in [6, 6.07) is 12.1. The molecular weight excluding hydrogens is 234 g/mol. The maximum atomic E-state index is 10.7. The van der Waals surface area contributed by atoms with Crippen molar-refractivity contribution in [3.8, 4) is 0 Å². The number of aryl methyl sites for hydroxylation is 1. The third-order valence-electron chi connectivity index (χ3n) is 4.18. The molecule has 0 saturated heterocycles. The molecule has 1 aromatic heterocycles. The Balaban J connectivity index is 2.00. The average Bonchev–Trinajstić information content (AvgIpc) is 2.37. The number of pyridine rings is 1.